The van der Waals surface area contributed by atoms with Gasteiger partial charge in [0.1, 0.15) is 6.61 Å². The normalized spacial score (nSPS) is 19.4. The molecule has 1 aliphatic rings. The summed E-state index contributed by atoms with van der Waals surface area (Å²) in [6.45, 7) is 3.79. The third-order valence-corrected chi connectivity index (χ3v) is 3.30. The second-order valence-electron chi connectivity index (χ2n) is 4.38. The molecule has 1 aliphatic carbocycles. The van der Waals surface area contributed by atoms with Crippen molar-refractivity contribution in [2.45, 2.75) is 39.0 Å². The van der Waals surface area contributed by atoms with Gasteiger partial charge in [-0.25, -0.2) is 0 Å². The van der Waals surface area contributed by atoms with Crippen LogP contribution in [0.4, 0.5) is 0 Å². The third kappa shape index (κ3) is 3.46. The Morgan fingerprint density at radius 3 is 2.50 bits per heavy atom. The van der Waals surface area contributed by atoms with E-state index in [1.807, 2.05) is 6.92 Å². The minimum Gasteiger partial charge on any atom is -0.463 e. The van der Waals surface area contributed by atoms with Gasteiger partial charge in [0, 0.05) is 13.2 Å². The lowest BCUT2D eigenvalue weighted by Crippen LogP contribution is -2.41. The van der Waals surface area contributed by atoms with E-state index < -0.39 is 5.41 Å². The number of esters is 1. The predicted molar refractivity (Wildman–Crippen MR) is 62.0 cm³/mol. The molecule has 4 nitrogen and oxygen atoms in total. The molecule has 0 bridgehead atoms. The van der Waals surface area contributed by atoms with Crippen molar-refractivity contribution in [3.8, 4) is 0 Å². The fourth-order valence-electron chi connectivity index (χ4n) is 2.21. The van der Waals surface area contributed by atoms with Gasteiger partial charge in [0.2, 0.25) is 0 Å². The van der Waals surface area contributed by atoms with E-state index in [0.29, 0.717) is 26.4 Å². The maximum absolute atomic E-state index is 12.0. The lowest BCUT2D eigenvalue weighted by molar-refractivity contribution is -0.159. The molecule has 0 aromatic rings. The van der Waals surface area contributed by atoms with Crippen LogP contribution in [0.5, 0.6) is 0 Å². The number of rotatable bonds is 6. The summed E-state index contributed by atoms with van der Waals surface area (Å²) in [5.41, 5.74) is 5.33. The molecule has 1 rings (SSSR count). The average molecular weight is 229 g/mol. The number of carbonyl (C=O) groups is 1. The molecule has 0 unspecified atom stereocenters. The molecule has 0 atom stereocenters. The smallest absolute Gasteiger partial charge is 0.313 e. The first-order valence-corrected chi connectivity index (χ1v) is 6.20. The number of hydrogen-bond acceptors (Lipinski definition) is 4. The van der Waals surface area contributed by atoms with Crippen molar-refractivity contribution in [1.29, 1.82) is 0 Å². The lowest BCUT2D eigenvalue weighted by atomic mass is 9.74. The summed E-state index contributed by atoms with van der Waals surface area (Å²) < 4.78 is 10.4. The van der Waals surface area contributed by atoms with Crippen LogP contribution in [0.2, 0.25) is 0 Å². The predicted octanol–water partition coefficient (Wildman–Crippen LogP) is 1.48. The van der Waals surface area contributed by atoms with Gasteiger partial charge >= 0.3 is 5.97 Å². The fourth-order valence-corrected chi connectivity index (χ4v) is 2.21. The van der Waals surface area contributed by atoms with E-state index in [4.69, 9.17) is 15.2 Å². The minimum atomic E-state index is -0.412. The Kier molecular flexibility index (Phi) is 5.77. The van der Waals surface area contributed by atoms with E-state index in [0.717, 1.165) is 25.7 Å². The third-order valence-electron chi connectivity index (χ3n) is 3.30. The zero-order valence-corrected chi connectivity index (χ0v) is 10.2. The number of nitrogens with two attached hydrogens (primary N) is 1. The molecule has 0 aliphatic heterocycles. The molecule has 0 amide bonds. The topological polar surface area (TPSA) is 61.5 Å². The van der Waals surface area contributed by atoms with Gasteiger partial charge in [-0.1, -0.05) is 19.3 Å². The molecular formula is C12H23NO3. The maximum Gasteiger partial charge on any atom is 0.313 e. The summed E-state index contributed by atoms with van der Waals surface area (Å²) in [6, 6.07) is 0. The Morgan fingerprint density at radius 1 is 1.25 bits per heavy atom. The van der Waals surface area contributed by atoms with Gasteiger partial charge in [0.25, 0.3) is 0 Å². The molecule has 0 saturated heterocycles. The maximum atomic E-state index is 12.0. The molecule has 1 fully saturated rings. The summed E-state index contributed by atoms with van der Waals surface area (Å²) in [4.78, 5) is 12.0. The fraction of sp³-hybridized carbons (Fsp3) is 0.917. The van der Waals surface area contributed by atoms with E-state index in [2.05, 4.69) is 0 Å². The first-order chi connectivity index (χ1) is 7.75. The summed E-state index contributed by atoms with van der Waals surface area (Å²) in [5, 5.41) is 0. The lowest BCUT2D eigenvalue weighted by Gasteiger charge is -2.33. The van der Waals surface area contributed by atoms with Crippen LogP contribution >= 0.6 is 0 Å². The monoisotopic (exact) mass is 229 g/mol. The van der Waals surface area contributed by atoms with Gasteiger partial charge in [-0.05, 0) is 19.8 Å². The Balaban J connectivity index is 2.36. The zero-order valence-electron chi connectivity index (χ0n) is 10.2. The Bertz CT molecular complexity index is 212. The highest BCUT2D eigenvalue weighted by atomic mass is 16.6. The van der Waals surface area contributed by atoms with Gasteiger partial charge in [-0.3, -0.25) is 4.79 Å². The van der Waals surface area contributed by atoms with Crippen molar-refractivity contribution in [3.05, 3.63) is 0 Å². The van der Waals surface area contributed by atoms with Crippen LogP contribution in [0.15, 0.2) is 0 Å². The van der Waals surface area contributed by atoms with Crippen molar-refractivity contribution in [3.63, 3.8) is 0 Å². The Labute approximate surface area is 97.5 Å². The van der Waals surface area contributed by atoms with E-state index in [9.17, 15) is 4.79 Å². The van der Waals surface area contributed by atoms with Crippen molar-refractivity contribution in [2.24, 2.45) is 11.1 Å². The van der Waals surface area contributed by atoms with Crippen LogP contribution in [0, 0.1) is 5.41 Å². The van der Waals surface area contributed by atoms with Gasteiger partial charge in [0.15, 0.2) is 0 Å². The molecule has 0 aromatic carbocycles. The van der Waals surface area contributed by atoms with Crippen LogP contribution in [-0.4, -0.2) is 32.3 Å². The molecule has 2 N–H and O–H groups in total. The SMILES string of the molecule is CCOCCOC(=O)C1(CN)CCCCC1. The van der Waals surface area contributed by atoms with Crippen LogP contribution in [0.25, 0.3) is 0 Å². The average Bonchev–Trinajstić information content (AvgIpc) is 2.35. The quantitative estimate of drug-likeness (QED) is 0.553. The van der Waals surface area contributed by atoms with Crippen molar-refractivity contribution >= 4 is 5.97 Å². The second-order valence-corrected chi connectivity index (χ2v) is 4.38. The van der Waals surface area contributed by atoms with Gasteiger partial charge in [-0.2, -0.15) is 0 Å². The molecule has 0 heterocycles. The molecule has 0 radical (unpaired) electrons. The van der Waals surface area contributed by atoms with Crippen LogP contribution in [0.3, 0.4) is 0 Å². The van der Waals surface area contributed by atoms with E-state index in [1.165, 1.54) is 6.42 Å². The first-order valence-electron chi connectivity index (χ1n) is 6.20. The largest absolute Gasteiger partial charge is 0.463 e. The van der Waals surface area contributed by atoms with E-state index in [1.54, 1.807) is 0 Å². The zero-order chi connectivity index (χ0) is 11.9. The number of hydrogen-bond donors (Lipinski definition) is 1. The van der Waals surface area contributed by atoms with E-state index >= 15 is 0 Å². The number of ether oxygens (including phenoxy) is 2. The molecule has 94 valence electrons. The summed E-state index contributed by atoms with van der Waals surface area (Å²) >= 11 is 0. The molecule has 0 aromatic heterocycles. The van der Waals surface area contributed by atoms with Crippen LogP contribution < -0.4 is 5.73 Å². The Morgan fingerprint density at radius 2 is 1.94 bits per heavy atom. The minimum absolute atomic E-state index is 0.130. The highest BCUT2D eigenvalue weighted by Crippen LogP contribution is 2.36. The molecule has 1 saturated carbocycles. The Hall–Kier alpha value is -0.610. The molecular weight excluding hydrogens is 206 g/mol. The van der Waals surface area contributed by atoms with Crippen molar-refractivity contribution in [1.82, 2.24) is 0 Å². The van der Waals surface area contributed by atoms with E-state index in [-0.39, 0.29) is 5.97 Å². The molecule has 0 spiro atoms. The van der Waals surface area contributed by atoms with Crippen LogP contribution in [0.1, 0.15) is 39.0 Å². The van der Waals surface area contributed by atoms with Crippen molar-refractivity contribution < 1.29 is 14.3 Å². The summed E-state index contributed by atoms with van der Waals surface area (Å²) in [7, 11) is 0. The second kappa shape index (κ2) is 6.86. The highest BCUT2D eigenvalue weighted by Gasteiger charge is 2.39. The van der Waals surface area contributed by atoms with Gasteiger partial charge < -0.3 is 15.2 Å². The molecule has 4 heteroatoms. The highest BCUT2D eigenvalue weighted by molar-refractivity contribution is 5.77. The van der Waals surface area contributed by atoms with Crippen LogP contribution in [-0.2, 0) is 14.3 Å². The standard InChI is InChI=1S/C12H23NO3/c1-2-15-8-9-16-11(14)12(10-13)6-4-3-5-7-12/h2-10,13H2,1H3. The summed E-state index contributed by atoms with van der Waals surface area (Å²) in [6.07, 6.45) is 5.11. The summed E-state index contributed by atoms with van der Waals surface area (Å²) in [5.74, 6) is -0.130. The first kappa shape index (κ1) is 13.5. The number of carbonyl (C=O) groups excluding carboxylic acids is 1. The van der Waals surface area contributed by atoms with Gasteiger partial charge in [-0.15, -0.1) is 0 Å². The van der Waals surface area contributed by atoms with Crippen molar-refractivity contribution in [2.75, 3.05) is 26.4 Å². The molecule has 16 heavy (non-hydrogen) atoms. The van der Waals surface area contributed by atoms with Gasteiger partial charge in [0.05, 0.1) is 12.0 Å².